The normalized spacial score (nSPS) is 21.9. The Morgan fingerprint density at radius 1 is 0.606 bits per heavy atom. The third-order valence-electron chi connectivity index (χ3n) is 12.6. The minimum atomic E-state index is -0.821. The van der Waals surface area contributed by atoms with Crippen LogP contribution in [0.2, 0.25) is 0 Å². The van der Waals surface area contributed by atoms with E-state index in [1.807, 2.05) is 76.2 Å². The lowest BCUT2D eigenvalue weighted by Gasteiger charge is -2.55. The van der Waals surface area contributed by atoms with Crippen LogP contribution < -0.4 is 10.6 Å². The number of carbonyl (C=O) groups is 6. The van der Waals surface area contributed by atoms with Crippen LogP contribution in [0.25, 0.3) is 11.1 Å². The maximum absolute atomic E-state index is 14.2. The van der Waals surface area contributed by atoms with Gasteiger partial charge in [0.15, 0.2) is 0 Å². The molecule has 0 aliphatic carbocycles. The molecule has 0 saturated carbocycles. The zero-order chi connectivity index (χ0) is 47.6. The van der Waals surface area contributed by atoms with Crippen molar-refractivity contribution in [2.45, 2.75) is 91.9 Å². The first-order valence-electron chi connectivity index (χ1n) is 23.1. The maximum Gasteiger partial charge on any atom is 0.334 e. The summed E-state index contributed by atoms with van der Waals surface area (Å²) in [5.74, 6) is 0.0181. The smallest absolute Gasteiger partial charge is 0.334 e. The highest BCUT2D eigenvalue weighted by Crippen LogP contribution is 2.31. The first-order chi connectivity index (χ1) is 31.4. The van der Waals surface area contributed by atoms with Gasteiger partial charge in [-0.15, -0.1) is 0 Å². The standard InChI is InChI=1S/C49H66N10O7/c1-31(2)19-40-46(63)54(25-32(3)4)27-42-56(40)44(61)29-52(7)58(42)48(65)50-23-35-11-9-13-37(20-35)38-14-10-12-36(21-38)24-51-49(66)59-43-28-55(26-33(5)6)47(64)41(57(43)45(62)30-53(59)8)22-34-15-17-39(60)18-16-34/h9-18,20-21,31-33,40-43,60H,19,22-30H2,1-8H3,(H,50,65)(H,51,66)/t40-,41-,42-,43-/m0/s1. The fourth-order valence-corrected chi connectivity index (χ4v) is 9.79. The SMILES string of the molecule is CC(C)C[C@H]1C(=O)N(CC(C)C)C[C@H]2N1C(=O)CN(C)N2C(=O)NCc1cccc(-c2cccc(CNC(=O)N3[C@H]4CN(CC(C)C)C(=O)[C@H](Cc5ccc(O)cc5)N4C(=O)CN3C)c2)c1. The van der Waals surface area contributed by atoms with E-state index in [1.54, 1.807) is 78.0 Å². The van der Waals surface area contributed by atoms with Gasteiger partial charge in [0.2, 0.25) is 23.6 Å². The van der Waals surface area contributed by atoms with E-state index in [0.717, 1.165) is 27.8 Å². The van der Waals surface area contributed by atoms with Crippen molar-refractivity contribution in [1.29, 1.82) is 0 Å². The van der Waals surface area contributed by atoms with Crippen LogP contribution in [-0.4, -0.2) is 158 Å². The van der Waals surface area contributed by atoms with E-state index in [0.29, 0.717) is 19.5 Å². The van der Waals surface area contributed by atoms with Crippen LogP contribution in [0.4, 0.5) is 9.59 Å². The second-order valence-corrected chi connectivity index (χ2v) is 19.4. The number of aromatic hydroxyl groups is 1. The molecule has 4 atom stereocenters. The summed E-state index contributed by atoms with van der Waals surface area (Å²) in [6.07, 6.45) is -0.611. The molecule has 7 rings (SSSR count). The molecule has 0 bridgehead atoms. The van der Waals surface area contributed by atoms with Gasteiger partial charge in [-0.05, 0) is 76.3 Å². The van der Waals surface area contributed by atoms with Crippen molar-refractivity contribution in [2.24, 2.45) is 17.8 Å². The molecular weight excluding hydrogens is 841 g/mol. The van der Waals surface area contributed by atoms with Crippen molar-refractivity contribution in [3.05, 3.63) is 89.5 Å². The van der Waals surface area contributed by atoms with E-state index in [-0.39, 0.29) is 98.9 Å². The number of fused-ring (bicyclic) bond motifs is 2. The number of phenolic OH excluding ortho intramolecular Hbond substituents is 1. The van der Waals surface area contributed by atoms with Crippen LogP contribution in [0.1, 0.15) is 64.7 Å². The molecule has 17 heteroatoms. The molecule has 4 aliphatic heterocycles. The number of phenols is 1. The van der Waals surface area contributed by atoms with E-state index < -0.39 is 30.4 Å². The van der Waals surface area contributed by atoms with Gasteiger partial charge < -0.3 is 35.3 Å². The molecule has 0 spiro atoms. The zero-order valence-corrected chi connectivity index (χ0v) is 39.5. The molecule has 354 valence electrons. The first-order valence-corrected chi connectivity index (χ1v) is 23.1. The fourth-order valence-electron chi connectivity index (χ4n) is 9.79. The van der Waals surface area contributed by atoms with E-state index in [4.69, 9.17) is 0 Å². The predicted molar refractivity (Wildman–Crippen MR) is 248 cm³/mol. The number of amides is 8. The molecule has 3 aromatic carbocycles. The van der Waals surface area contributed by atoms with Gasteiger partial charge in [0, 0.05) is 46.7 Å². The minimum Gasteiger partial charge on any atom is -0.508 e. The van der Waals surface area contributed by atoms with Crippen molar-refractivity contribution < 1.29 is 33.9 Å². The second kappa shape index (κ2) is 20.1. The van der Waals surface area contributed by atoms with Crippen LogP contribution in [0, 0.1) is 17.8 Å². The average Bonchev–Trinajstić information content (AvgIpc) is 3.25. The highest BCUT2D eigenvalue weighted by atomic mass is 16.3. The number of nitrogens with one attached hydrogen (secondary N) is 2. The number of piperazine rings is 2. The molecular formula is C49H66N10O7. The fraction of sp³-hybridized carbons (Fsp3) is 0.510. The van der Waals surface area contributed by atoms with Gasteiger partial charge in [0.05, 0.1) is 26.2 Å². The van der Waals surface area contributed by atoms with E-state index in [9.17, 15) is 33.9 Å². The molecule has 8 amide bonds. The van der Waals surface area contributed by atoms with Gasteiger partial charge in [-0.3, -0.25) is 19.2 Å². The van der Waals surface area contributed by atoms with Crippen LogP contribution in [0.5, 0.6) is 5.75 Å². The number of urea groups is 2. The van der Waals surface area contributed by atoms with Gasteiger partial charge in [0.1, 0.15) is 30.2 Å². The van der Waals surface area contributed by atoms with Crippen molar-refractivity contribution in [1.82, 2.24) is 50.3 Å². The molecule has 4 heterocycles. The van der Waals surface area contributed by atoms with Crippen molar-refractivity contribution >= 4 is 35.7 Å². The van der Waals surface area contributed by atoms with E-state index >= 15 is 0 Å². The molecule has 17 nitrogen and oxygen atoms in total. The quantitative estimate of drug-likeness (QED) is 0.228. The lowest BCUT2D eigenvalue weighted by molar-refractivity contribution is -0.188. The Morgan fingerprint density at radius 3 is 1.48 bits per heavy atom. The van der Waals surface area contributed by atoms with Crippen molar-refractivity contribution in [3.8, 4) is 16.9 Å². The highest BCUT2D eigenvalue weighted by Gasteiger charge is 2.52. The van der Waals surface area contributed by atoms with Crippen molar-refractivity contribution in [2.75, 3.05) is 53.4 Å². The molecule has 3 aromatic rings. The van der Waals surface area contributed by atoms with Gasteiger partial charge in [-0.25, -0.2) is 29.6 Å². The Balaban J connectivity index is 1.03. The molecule has 0 unspecified atom stereocenters. The Labute approximate surface area is 388 Å². The molecule has 4 saturated heterocycles. The maximum atomic E-state index is 14.2. The van der Waals surface area contributed by atoms with E-state index in [1.165, 1.54) is 0 Å². The van der Waals surface area contributed by atoms with Gasteiger partial charge in [-0.1, -0.05) is 90.1 Å². The molecule has 66 heavy (non-hydrogen) atoms. The minimum absolute atomic E-state index is 0.0177. The summed E-state index contributed by atoms with van der Waals surface area (Å²) >= 11 is 0. The van der Waals surface area contributed by atoms with Gasteiger partial charge in [-0.2, -0.15) is 0 Å². The van der Waals surface area contributed by atoms with Crippen LogP contribution >= 0.6 is 0 Å². The van der Waals surface area contributed by atoms with E-state index in [2.05, 4.69) is 24.5 Å². The van der Waals surface area contributed by atoms with Crippen LogP contribution in [0.3, 0.4) is 0 Å². The third-order valence-corrected chi connectivity index (χ3v) is 12.6. The first kappa shape index (κ1) is 47.8. The average molecular weight is 907 g/mol. The monoisotopic (exact) mass is 907 g/mol. The number of rotatable bonds is 13. The Kier molecular flexibility index (Phi) is 14.6. The summed E-state index contributed by atoms with van der Waals surface area (Å²) in [5.41, 5.74) is 4.32. The summed E-state index contributed by atoms with van der Waals surface area (Å²) in [5, 5.41) is 22.4. The lowest BCUT2D eigenvalue weighted by atomic mass is 9.96. The molecule has 4 aliphatic rings. The number of hydrogen-bond acceptors (Lipinski definition) is 9. The Morgan fingerprint density at radius 2 is 1.05 bits per heavy atom. The third kappa shape index (κ3) is 10.4. The molecule has 0 radical (unpaired) electrons. The summed E-state index contributed by atoms with van der Waals surface area (Å²) < 4.78 is 0. The summed E-state index contributed by atoms with van der Waals surface area (Å²) in [6, 6.07) is 20.1. The zero-order valence-electron chi connectivity index (χ0n) is 39.5. The van der Waals surface area contributed by atoms with Crippen molar-refractivity contribution in [3.63, 3.8) is 0 Å². The largest absolute Gasteiger partial charge is 0.508 e. The Hall–Kier alpha value is -6.20. The molecule has 0 aromatic heterocycles. The number of nitrogens with zero attached hydrogens (tertiary/aromatic N) is 8. The number of benzene rings is 3. The van der Waals surface area contributed by atoms with Gasteiger partial charge in [0.25, 0.3) is 0 Å². The predicted octanol–water partition coefficient (Wildman–Crippen LogP) is 4.14. The second-order valence-electron chi connectivity index (χ2n) is 19.4. The summed E-state index contributed by atoms with van der Waals surface area (Å²) in [6.45, 7) is 13.9. The molecule has 4 fully saturated rings. The number of hydrogen-bond donors (Lipinski definition) is 3. The number of likely N-dealkylation sites (N-methyl/N-ethyl adjacent to an activating group) is 2. The topological polar surface area (TPSA) is 173 Å². The summed E-state index contributed by atoms with van der Waals surface area (Å²) in [7, 11) is 3.42. The van der Waals surface area contributed by atoms with Crippen LogP contribution in [0.15, 0.2) is 72.8 Å². The highest BCUT2D eigenvalue weighted by molar-refractivity contribution is 5.92. The molecule has 3 N–H and O–H groups in total. The van der Waals surface area contributed by atoms with Crippen LogP contribution in [-0.2, 0) is 38.7 Å². The Bertz CT molecular complexity index is 2290. The summed E-state index contributed by atoms with van der Waals surface area (Å²) in [4.78, 5) is 89.8. The number of carbonyl (C=O) groups excluding carboxylic acids is 6. The number of hydrazine groups is 2. The lowest BCUT2D eigenvalue weighted by Crippen LogP contribution is -2.76. The van der Waals surface area contributed by atoms with Gasteiger partial charge >= 0.3 is 12.1 Å².